The molecule has 1 saturated heterocycles. The standard InChI is InChI=1S/C20H20ClNO6/c21-14-10-13(11-17-18(14)27-9-3-8-26-17)12-28-20(24)15-4-1-6-22(15)19(23)16-5-2-7-25-16/h2,5,7,10-11,15H,1,3-4,6,8-9,12H2/t15-/m0/s1. The molecule has 148 valence electrons. The second-order valence-corrected chi connectivity index (χ2v) is 7.10. The van der Waals surface area contributed by atoms with Crippen LogP contribution < -0.4 is 9.47 Å². The molecular weight excluding hydrogens is 386 g/mol. The lowest BCUT2D eigenvalue weighted by atomic mass is 10.2. The van der Waals surface area contributed by atoms with E-state index in [0.717, 1.165) is 12.8 Å². The van der Waals surface area contributed by atoms with Crippen molar-refractivity contribution >= 4 is 23.5 Å². The van der Waals surface area contributed by atoms with E-state index in [4.69, 9.17) is 30.2 Å². The minimum absolute atomic E-state index is 0.0362. The Balaban J connectivity index is 1.42. The van der Waals surface area contributed by atoms with Crippen LogP contribution in [-0.2, 0) is 16.1 Å². The average molecular weight is 406 g/mol. The van der Waals surface area contributed by atoms with Crippen LogP contribution in [0.2, 0.25) is 5.02 Å². The predicted molar refractivity (Wildman–Crippen MR) is 99.6 cm³/mol. The van der Waals surface area contributed by atoms with Crippen LogP contribution in [-0.4, -0.2) is 42.6 Å². The maximum absolute atomic E-state index is 12.6. The number of carbonyl (C=O) groups excluding carboxylic acids is 2. The van der Waals surface area contributed by atoms with Crippen molar-refractivity contribution < 1.29 is 28.2 Å². The zero-order chi connectivity index (χ0) is 19.5. The SMILES string of the molecule is O=C(OCc1cc(Cl)c2c(c1)OCCCO2)[C@@H]1CCCN1C(=O)c1ccco1. The summed E-state index contributed by atoms with van der Waals surface area (Å²) in [6.07, 6.45) is 3.51. The van der Waals surface area contributed by atoms with Crippen molar-refractivity contribution in [1.29, 1.82) is 0 Å². The van der Waals surface area contributed by atoms with Crippen molar-refractivity contribution in [1.82, 2.24) is 4.90 Å². The van der Waals surface area contributed by atoms with E-state index < -0.39 is 12.0 Å². The Morgan fingerprint density at radius 3 is 2.89 bits per heavy atom. The fraction of sp³-hybridized carbons (Fsp3) is 0.400. The number of hydrogen-bond acceptors (Lipinski definition) is 6. The first kappa shape index (κ1) is 18.7. The van der Waals surface area contributed by atoms with Gasteiger partial charge in [0.2, 0.25) is 0 Å². The molecule has 0 saturated carbocycles. The van der Waals surface area contributed by atoms with E-state index in [0.29, 0.717) is 48.3 Å². The number of esters is 1. The number of nitrogens with zero attached hydrogens (tertiary/aromatic N) is 1. The molecule has 0 radical (unpaired) electrons. The van der Waals surface area contributed by atoms with Crippen molar-refractivity contribution in [3.05, 3.63) is 46.9 Å². The van der Waals surface area contributed by atoms with E-state index in [-0.39, 0.29) is 18.3 Å². The van der Waals surface area contributed by atoms with Gasteiger partial charge in [0.25, 0.3) is 5.91 Å². The molecular formula is C20H20ClNO6. The van der Waals surface area contributed by atoms with Crippen molar-refractivity contribution in [2.45, 2.75) is 31.9 Å². The number of hydrogen-bond donors (Lipinski definition) is 0. The molecule has 0 aliphatic carbocycles. The van der Waals surface area contributed by atoms with Crippen molar-refractivity contribution in [2.75, 3.05) is 19.8 Å². The molecule has 4 rings (SSSR count). The van der Waals surface area contributed by atoms with Gasteiger partial charge in [-0.05, 0) is 42.7 Å². The summed E-state index contributed by atoms with van der Waals surface area (Å²) >= 11 is 6.28. The highest BCUT2D eigenvalue weighted by Gasteiger charge is 2.36. The molecule has 1 amide bonds. The van der Waals surface area contributed by atoms with E-state index >= 15 is 0 Å². The van der Waals surface area contributed by atoms with Crippen LogP contribution in [0.5, 0.6) is 11.5 Å². The Hall–Kier alpha value is -2.67. The zero-order valence-corrected chi connectivity index (χ0v) is 15.9. The van der Waals surface area contributed by atoms with Gasteiger partial charge in [-0.25, -0.2) is 4.79 Å². The lowest BCUT2D eigenvalue weighted by Crippen LogP contribution is -2.41. The van der Waals surface area contributed by atoms with Crippen LogP contribution in [0.3, 0.4) is 0 Å². The molecule has 8 heteroatoms. The molecule has 2 aromatic rings. The fourth-order valence-corrected chi connectivity index (χ4v) is 3.70. The van der Waals surface area contributed by atoms with E-state index in [1.807, 2.05) is 0 Å². The zero-order valence-electron chi connectivity index (χ0n) is 15.2. The first-order valence-electron chi connectivity index (χ1n) is 9.22. The molecule has 0 unspecified atom stereocenters. The van der Waals surface area contributed by atoms with Crippen LogP contribution in [0.15, 0.2) is 34.9 Å². The van der Waals surface area contributed by atoms with Gasteiger partial charge in [-0.2, -0.15) is 0 Å². The summed E-state index contributed by atoms with van der Waals surface area (Å²) in [6.45, 7) is 1.62. The Morgan fingerprint density at radius 1 is 1.21 bits per heavy atom. The summed E-state index contributed by atoms with van der Waals surface area (Å²) in [5.74, 6) is 0.532. The molecule has 28 heavy (non-hydrogen) atoms. The highest BCUT2D eigenvalue weighted by atomic mass is 35.5. The van der Waals surface area contributed by atoms with Gasteiger partial charge in [0.1, 0.15) is 12.6 Å². The van der Waals surface area contributed by atoms with E-state index in [1.54, 1.807) is 24.3 Å². The van der Waals surface area contributed by atoms with Gasteiger partial charge < -0.3 is 23.5 Å². The Kier molecular flexibility index (Phi) is 5.43. The Bertz CT molecular complexity index is 866. The summed E-state index contributed by atoms with van der Waals surface area (Å²) in [6, 6.07) is 6.07. The number of amides is 1. The van der Waals surface area contributed by atoms with Gasteiger partial charge in [0.15, 0.2) is 17.3 Å². The lowest BCUT2D eigenvalue weighted by molar-refractivity contribution is -0.149. The average Bonchev–Trinajstić information content (AvgIpc) is 3.34. The van der Waals surface area contributed by atoms with Gasteiger partial charge in [-0.15, -0.1) is 0 Å². The van der Waals surface area contributed by atoms with Crippen LogP contribution in [0.25, 0.3) is 0 Å². The number of halogens is 1. The number of benzene rings is 1. The monoisotopic (exact) mass is 405 g/mol. The molecule has 1 aromatic heterocycles. The van der Waals surface area contributed by atoms with Gasteiger partial charge in [-0.3, -0.25) is 4.79 Å². The van der Waals surface area contributed by atoms with Crippen LogP contribution in [0, 0.1) is 0 Å². The molecule has 2 aliphatic heterocycles. The van der Waals surface area contributed by atoms with E-state index in [1.165, 1.54) is 11.2 Å². The largest absolute Gasteiger partial charge is 0.489 e. The van der Waals surface area contributed by atoms with E-state index in [2.05, 4.69) is 0 Å². The number of rotatable bonds is 4. The topological polar surface area (TPSA) is 78.2 Å². The first-order valence-corrected chi connectivity index (χ1v) is 9.60. The number of furan rings is 1. The van der Waals surface area contributed by atoms with Crippen molar-refractivity contribution in [3.8, 4) is 11.5 Å². The first-order chi connectivity index (χ1) is 13.6. The van der Waals surface area contributed by atoms with Crippen molar-refractivity contribution in [2.24, 2.45) is 0 Å². The normalized spacial score (nSPS) is 18.6. The smallest absolute Gasteiger partial charge is 0.329 e. The predicted octanol–water partition coefficient (Wildman–Crippen LogP) is 3.44. The highest BCUT2D eigenvalue weighted by Crippen LogP contribution is 2.38. The summed E-state index contributed by atoms with van der Waals surface area (Å²) in [5.41, 5.74) is 0.699. The fourth-order valence-electron chi connectivity index (χ4n) is 3.41. The molecule has 1 fully saturated rings. The van der Waals surface area contributed by atoms with Crippen LogP contribution in [0.4, 0.5) is 0 Å². The Morgan fingerprint density at radius 2 is 2.07 bits per heavy atom. The van der Waals surface area contributed by atoms with Gasteiger partial charge in [-0.1, -0.05) is 11.6 Å². The number of fused-ring (bicyclic) bond motifs is 1. The second kappa shape index (κ2) is 8.14. The summed E-state index contributed by atoms with van der Waals surface area (Å²) in [7, 11) is 0. The molecule has 0 spiro atoms. The molecule has 0 bridgehead atoms. The number of ether oxygens (including phenoxy) is 3. The maximum atomic E-state index is 12.6. The minimum atomic E-state index is -0.617. The van der Waals surface area contributed by atoms with Crippen LogP contribution >= 0.6 is 11.6 Å². The molecule has 1 aromatic carbocycles. The molecule has 1 atom stereocenters. The molecule has 3 heterocycles. The lowest BCUT2D eigenvalue weighted by Gasteiger charge is -2.22. The van der Waals surface area contributed by atoms with Crippen molar-refractivity contribution in [3.63, 3.8) is 0 Å². The number of carbonyl (C=O) groups is 2. The van der Waals surface area contributed by atoms with Gasteiger partial charge in [0.05, 0.1) is 24.5 Å². The summed E-state index contributed by atoms with van der Waals surface area (Å²) in [5, 5.41) is 0.418. The third kappa shape index (κ3) is 3.80. The molecule has 0 N–H and O–H groups in total. The maximum Gasteiger partial charge on any atom is 0.329 e. The van der Waals surface area contributed by atoms with E-state index in [9.17, 15) is 9.59 Å². The highest BCUT2D eigenvalue weighted by molar-refractivity contribution is 6.32. The third-order valence-corrected chi connectivity index (χ3v) is 5.04. The summed E-state index contributed by atoms with van der Waals surface area (Å²) in [4.78, 5) is 26.6. The minimum Gasteiger partial charge on any atom is -0.489 e. The molecule has 2 aliphatic rings. The number of likely N-dealkylation sites (tertiary alicyclic amines) is 1. The third-order valence-electron chi connectivity index (χ3n) is 4.76. The van der Waals surface area contributed by atoms with Gasteiger partial charge >= 0.3 is 5.97 Å². The quantitative estimate of drug-likeness (QED) is 0.725. The molecule has 7 nitrogen and oxygen atoms in total. The van der Waals surface area contributed by atoms with Gasteiger partial charge in [0, 0.05) is 13.0 Å². The summed E-state index contributed by atoms with van der Waals surface area (Å²) < 4.78 is 21.9. The Labute approximate surface area is 167 Å². The van der Waals surface area contributed by atoms with Crippen LogP contribution in [0.1, 0.15) is 35.4 Å². The second-order valence-electron chi connectivity index (χ2n) is 6.70.